The van der Waals surface area contributed by atoms with Gasteiger partial charge in [0.05, 0.1) is 0 Å². The second kappa shape index (κ2) is 5.51. The standard InChI is InChI=1S/C13H22N2O2S/c1-8(7-18-3)6-15-9(2)12(16)14-11(13(15)17)10-4-5-10/h8-11H,4-7H2,1-3H3,(H,14,16). The van der Waals surface area contributed by atoms with Crippen molar-refractivity contribution in [3.8, 4) is 0 Å². The Hall–Kier alpha value is -0.710. The van der Waals surface area contributed by atoms with Gasteiger partial charge in [-0.1, -0.05) is 6.92 Å². The van der Waals surface area contributed by atoms with E-state index in [1.165, 1.54) is 0 Å². The summed E-state index contributed by atoms with van der Waals surface area (Å²) in [5, 5.41) is 2.88. The number of piperazine rings is 1. The van der Waals surface area contributed by atoms with Gasteiger partial charge in [0.1, 0.15) is 12.1 Å². The van der Waals surface area contributed by atoms with Gasteiger partial charge in [-0.05, 0) is 43.6 Å². The Morgan fingerprint density at radius 2 is 2.11 bits per heavy atom. The Bertz CT molecular complexity index is 344. The van der Waals surface area contributed by atoms with E-state index in [1.54, 1.807) is 16.7 Å². The van der Waals surface area contributed by atoms with Crippen LogP contribution in [0, 0.1) is 11.8 Å². The summed E-state index contributed by atoms with van der Waals surface area (Å²) >= 11 is 1.78. The molecule has 0 spiro atoms. The van der Waals surface area contributed by atoms with Gasteiger partial charge in [-0.3, -0.25) is 9.59 Å². The van der Waals surface area contributed by atoms with Crippen molar-refractivity contribution in [2.75, 3.05) is 18.6 Å². The molecule has 0 radical (unpaired) electrons. The highest BCUT2D eigenvalue weighted by Crippen LogP contribution is 2.35. The topological polar surface area (TPSA) is 49.4 Å². The number of thioether (sulfide) groups is 1. The molecule has 3 atom stereocenters. The molecule has 102 valence electrons. The van der Waals surface area contributed by atoms with Crippen LogP contribution in [0.3, 0.4) is 0 Å². The predicted molar refractivity (Wildman–Crippen MR) is 73.4 cm³/mol. The molecule has 18 heavy (non-hydrogen) atoms. The number of hydrogen-bond donors (Lipinski definition) is 1. The van der Waals surface area contributed by atoms with Crippen LogP contribution in [0.2, 0.25) is 0 Å². The molecule has 0 aromatic heterocycles. The quantitative estimate of drug-likeness (QED) is 0.814. The van der Waals surface area contributed by atoms with Gasteiger partial charge in [-0.25, -0.2) is 0 Å². The predicted octanol–water partition coefficient (Wildman–Crippen LogP) is 1.11. The highest BCUT2D eigenvalue weighted by Gasteiger charge is 2.45. The van der Waals surface area contributed by atoms with E-state index in [0.29, 0.717) is 18.4 Å². The van der Waals surface area contributed by atoms with E-state index in [2.05, 4.69) is 18.5 Å². The molecular formula is C13H22N2O2S. The van der Waals surface area contributed by atoms with Gasteiger partial charge >= 0.3 is 0 Å². The summed E-state index contributed by atoms with van der Waals surface area (Å²) in [6.07, 6.45) is 4.20. The molecule has 1 aliphatic heterocycles. The molecule has 3 unspecified atom stereocenters. The Morgan fingerprint density at radius 1 is 1.44 bits per heavy atom. The monoisotopic (exact) mass is 270 g/mol. The molecule has 2 rings (SSSR count). The first-order valence-corrected chi connectivity index (χ1v) is 8.03. The molecule has 0 bridgehead atoms. The third-order valence-electron chi connectivity index (χ3n) is 3.75. The van der Waals surface area contributed by atoms with E-state index in [-0.39, 0.29) is 23.9 Å². The van der Waals surface area contributed by atoms with Crippen molar-refractivity contribution < 1.29 is 9.59 Å². The van der Waals surface area contributed by atoms with Gasteiger partial charge in [0.2, 0.25) is 11.8 Å². The van der Waals surface area contributed by atoms with E-state index in [1.807, 2.05) is 6.92 Å². The molecule has 1 heterocycles. The lowest BCUT2D eigenvalue weighted by atomic mass is 10.0. The Kier molecular flexibility index (Phi) is 4.20. The summed E-state index contributed by atoms with van der Waals surface area (Å²) < 4.78 is 0. The molecule has 5 heteroatoms. The number of amides is 2. The number of hydrogen-bond acceptors (Lipinski definition) is 3. The summed E-state index contributed by atoms with van der Waals surface area (Å²) in [5.41, 5.74) is 0. The summed E-state index contributed by atoms with van der Waals surface area (Å²) in [7, 11) is 0. The van der Waals surface area contributed by atoms with Gasteiger partial charge in [0.25, 0.3) is 0 Å². The lowest BCUT2D eigenvalue weighted by molar-refractivity contribution is -0.149. The van der Waals surface area contributed by atoms with Crippen LogP contribution < -0.4 is 5.32 Å². The maximum Gasteiger partial charge on any atom is 0.246 e. The SMILES string of the molecule is CSCC(C)CN1C(=O)C(C2CC2)NC(=O)C1C. The van der Waals surface area contributed by atoms with Gasteiger partial charge in [-0.2, -0.15) is 11.8 Å². The molecule has 1 N–H and O–H groups in total. The highest BCUT2D eigenvalue weighted by atomic mass is 32.2. The molecule has 2 fully saturated rings. The summed E-state index contributed by atoms with van der Waals surface area (Å²) in [6.45, 7) is 4.65. The number of carbonyl (C=O) groups is 2. The Balaban J connectivity index is 2.04. The van der Waals surface area contributed by atoms with Crippen LogP contribution in [0.1, 0.15) is 26.7 Å². The Morgan fingerprint density at radius 3 is 2.67 bits per heavy atom. The van der Waals surface area contributed by atoms with E-state index in [9.17, 15) is 9.59 Å². The van der Waals surface area contributed by atoms with Crippen molar-refractivity contribution in [1.82, 2.24) is 10.2 Å². The average Bonchev–Trinajstić information content (AvgIpc) is 3.14. The van der Waals surface area contributed by atoms with Gasteiger partial charge in [0.15, 0.2) is 0 Å². The third kappa shape index (κ3) is 2.82. The van der Waals surface area contributed by atoms with Crippen LogP contribution in [0.5, 0.6) is 0 Å². The molecule has 1 aliphatic carbocycles. The molecule has 0 aromatic carbocycles. The summed E-state index contributed by atoms with van der Waals surface area (Å²) in [5.74, 6) is 1.96. The first-order valence-electron chi connectivity index (χ1n) is 6.64. The maximum atomic E-state index is 12.4. The third-order valence-corrected chi connectivity index (χ3v) is 4.65. The van der Waals surface area contributed by atoms with Crippen molar-refractivity contribution in [2.24, 2.45) is 11.8 Å². The number of carbonyl (C=O) groups excluding carboxylic acids is 2. The molecule has 1 saturated heterocycles. The van der Waals surface area contributed by atoms with Crippen molar-refractivity contribution in [2.45, 2.75) is 38.8 Å². The molecule has 4 nitrogen and oxygen atoms in total. The fraction of sp³-hybridized carbons (Fsp3) is 0.846. The molecule has 1 saturated carbocycles. The fourth-order valence-corrected chi connectivity index (χ4v) is 3.19. The van der Waals surface area contributed by atoms with Crippen molar-refractivity contribution >= 4 is 23.6 Å². The van der Waals surface area contributed by atoms with E-state index < -0.39 is 0 Å². The first-order chi connectivity index (χ1) is 8.54. The van der Waals surface area contributed by atoms with Crippen molar-refractivity contribution in [1.29, 1.82) is 0 Å². The minimum atomic E-state index is -0.322. The highest BCUT2D eigenvalue weighted by molar-refractivity contribution is 7.98. The lowest BCUT2D eigenvalue weighted by Gasteiger charge is -2.38. The first kappa shape index (κ1) is 13.7. The van der Waals surface area contributed by atoms with E-state index in [4.69, 9.17) is 0 Å². The van der Waals surface area contributed by atoms with Crippen LogP contribution in [0.15, 0.2) is 0 Å². The summed E-state index contributed by atoms with van der Waals surface area (Å²) in [6, 6.07) is -0.577. The fourth-order valence-electron chi connectivity index (χ4n) is 2.52. The normalized spacial score (nSPS) is 30.3. The van der Waals surface area contributed by atoms with Gasteiger partial charge in [-0.15, -0.1) is 0 Å². The number of rotatable bonds is 5. The van der Waals surface area contributed by atoms with Crippen molar-refractivity contribution in [3.63, 3.8) is 0 Å². The number of nitrogens with one attached hydrogen (secondary N) is 1. The van der Waals surface area contributed by atoms with Gasteiger partial charge < -0.3 is 10.2 Å². The number of nitrogens with zero attached hydrogens (tertiary/aromatic N) is 1. The van der Waals surface area contributed by atoms with Crippen LogP contribution in [-0.2, 0) is 9.59 Å². The lowest BCUT2D eigenvalue weighted by Crippen LogP contribution is -2.63. The van der Waals surface area contributed by atoms with E-state index in [0.717, 1.165) is 18.6 Å². The smallest absolute Gasteiger partial charge is 0.246 e. The van der Waals surface area contributed by atoms with E-state index >= 15 is 0 Å². The molecular weight excluding hydrogens is 248 g/mol. The Labute approximate surface area is 113 Å². The minimum absolute atomic E-state index is 0.00264. The second-order valence-electron chi connectivity index (χ2n) is 5.55. The van der Waals surface area contributed by atoms with Crippen LogP contribution in [-0.4, -0.2) is 47.4 Å². The van der Waals surface area contributed by atoms with Crippen LogP contribution in [0.25, 0.3) is 0 Å². The van der Waals surface area contributed by atoms with Crippen LogP contribution >= 0.6 is 11.8 Å². The van der Waals surface area contributed by atoms with Crippen molar-refractivity contribution in [3.05, 3.63) is 0 Å². The molecule has 2 aliphatic rings. The zero-order valence-electron chi connectivity index (χ0n) is 11.3. The molecule has 0 aromatic rings. The average molecular weight is 270 g/mol. The maximum absolute atomic E-state index is 12.4. The summed E-state index contributed by atoms with van der Waals surface area (Å²) in [4.78, 5) is 26.1. The van der Waals surface area contributed by atoms with Gasteiger partial charge in [0, 0.05) is 6.54 Å². The largest absolute Gasteiger partial charge is 0.342 e. The molecule has 2 amide bonds. The second-order valence-corrected chi connectivity index (χ2v) is 6.46. The van der Waals surface area contributed by atoms with Crippen LogP contribution in [0.4, 0.5) is 0 Å². The zero-order valence-corrected chi connectivity index (χ0v) is 12.1. The minimum Gasteiger partial charge on any atom is -0.342 e. The zero-order chi connectivity index (χ0) is 13.3.